The molecule has 6 heteroatoms. The summed E-state index contributed by atoms with van der Waals surface area (Å²) in [5.74, 6) is 0.531. The van der Waals surface area contributed by atoms with Gasteiger partial charge in [0.1, 0.15) is 0 Å². The number of carbonyl (C=O) groups excluding carboxylic acids is 1. The van der Waals surface area contributed by atoms with Gasteiger partial charge >= 0.3 is 0 Å². The van der Waals surface area contributed by atoms with E-state index in [0.717, 1.165) is 31.2 Å². The molecular formula is C12H20N2O3S. The van der Waals surface area contributed by atoms with E-state index in [1.54, 1.807) is 0 Å². The largest absolute Gasteiger partial charge is 0.368 e. The number of rotatable bonds is 5. The number of amides is 1. The van der Waals surface area contributed by atoms with Crippen LogP contribution in [0.5, 0.6) is 0 Å². The van der Waals surface area contributed by atoms with Crippen LogP contribution < -0.4 is 5.73 Å². The Labute approximate surface area is 108 Å². The number of nitrogens with two attached hydrogens (primary N) is 1. The molecule has 1 heterocycles. The number of sulfone groups is 1. The highest BCUT2D eigenvalue weighted by molar-refractivity contribution is 7.94. The zero-order valence-corrected chi connectivity index (χ0v) is 11.2. The van der Waals surface area contributed by atoms with Crippen molar-refractivity contribution in [3.63, 3.8) is 0 Å². The van der Waals surface area contributed by atoms with Crippen LogP contribution in [0, 0.1) is 11.8 Å². The van der Waals surface area contributed by atoms with E-state index in [0.29, 0.717) is 18.4 Å². The summed E-state index contributed by atoms with van der Waals surface area (Å²) in [6.45, 7) is 4.46. The van der Waals surface area contributed by atoms with Crippen LogP contribution in [0.15, 0.2) is 12.0 Å². The van der Waals surface area contributed by atoms with Crippen molar-refractivity contribution in [2.75, 3.05) is 18.8 Å². The molecule has 0 bridgehead atoms. The minimum absolute atomic E-state index is 0.0136. The highest BCUT2D eigenvalue weighted by Crippen LogP contribution is 2.41. The van der Waals surface area contributed by atoms with Crippen LogP contribution in [0.2, 0.25) is 0 Å². The molecular weight excluding hydrogens is 252 g/mol. The summed E-state index contributed by atoms with van der Waals surface area (Å²) in [4.78, 5) is 13.5. The second-order valence-corrected chi connectivity index (χ2v) is 7.30. The van der Waals surface area contributed by atoms with Gasteiger partial charge < -0.3 is 5.73 Å². The fraction of sp³-hybridized carbons (Fsp3) is 0.750. The lowest BCUT2D eigenvalue weighted by atomic mass is 9.94. The molecule has 3 unspecified atom stereocenters. The quantitative estimate of drug-likeness (QED) is 0.771. The molecule has 3 atom stereocenters. The fourth-order valence-corrected chi connectivity index (χ4v) is 4.00. The highest BCUT2D eigenvalue weighted by Gasteiger charge is 2.46. The van der Waals surface area contributed by atoms with Gasteiger partial charge in [0.2, 0.25) is 5.91 Å². The van der Waals surface area contributed by atoms with Crippen molar-refractivity contribution >= 4 is 15.7 Å². The lowest BCUT2D eigenvalue weighted by molar-refractivity contribution is -0.123. The molecule has 0 spiro atoms. The molecule has 1 aliphatic heterocycles. The number of hydrogen-bond acceptors (Lipinski definition) is 4. The van der Waals surface area contributed by atoms with Gasteiger partial charge in [0.15, 0.2) is 9.84 Å². The average molecular weight is 272 g/mol. The van der Waals surface area contributed by atoms with Crippen molar-refractivity contribution < 1.29 is 13.2 Å². The number of primary amides is 1. The minimum atomic E-state index is -3.21. The summed E-state index contributed by atoms with van der Waals surface area (Å²) in [6, 6.07) is -0.280. The molecule has 1 aliphatic carbocycles. The fourth-order valence-electron chi connectivity index (χ4n) is 3.34. The number of carbonyl (C=O) groups is 1. The van der Waals surface area contributed by atoms with Crippen molar-refractivity contribution in [2.24, 2.45) is 17.6 Å². The molecule has 5 nitrogen and oxygen atoms in total. The summed E-state index contributed by atoms with van der Waals surface area (Å²) in [7, 11) is -3.21. The van der Waals surface area contributed by atoms with Crippen molar-refractivity contribution in [1.29, 1.82) is 0 Å². The second kappa shape index (κ2) is 5.01. The standard InChI is InChI=1S/C12H20N2O3S/c1-2-18(16,17)7-6-14-8-9-4-3-5-10(9)11(14)12(13)15/h2,9-11H,1,3-8H2,(H2,13,15). The lowest BCUT2D eigenvalue weighted by Gasteiger charge is -2.24. The number of nitrogens with zero attached hydrogens (tertiary/aromatic N) is 1. The van der Waals surface area contributed by atoms with Gasteiger partial charge in [-0.3, -0.25) is 9.69 Å². The van der Waals surface area contributed by atoms with Crippen molar-refractivity contribution in [2.45, 2.75) is 25.3 Å². The predicted octanol–water partition coefficient (Wildman–Crippen LogP) is 0.131. The molecule has 0 aromatic heterocycles. The molecule has 18 heavy (non-hydrogen) atoms. The third-order valence-electron chi connectivity index (χ3n) is 4.19. The molecule has 0 aromatic rings. The smallest absolute Gasteiger partial charge is 0.235 e. The van der Waals surface area contributed by atoms with Crippen LogP contribution in [0.1, 0.15) is 19.3 Å². The first-order chi connectivity index (χ1) is 8.44. The van der Waals surface area contributed by atoms with Crippen molar-refractivity contribution in [3.05, 3.63) is 12.0 Å². The summed E-state index contributed by atoms with van der Waals surface area (Å²) < 4.78 is 22.8. The van der Waals surface area contributed by atoms with Crippen LogP contribution >= 0.6 is 0 Å². The third-order valence-corrected chi connectivity index (χ3v) is 5.45. The maximum Gasteiger partial charge on any atom is 0.235 e. The summed E-state index contributed by atoms with van der Waals surface area (Å²) in [5, 5.41) is 0.975. The van der Waals surface area contributed by atoms with E-state index >= 15 is 0 Å². The Hall–Kier alpha value is -0.880. The number of likely N-dealkylation sites (tertiary alicyclic amines) is 1. The van der Waals surface area contributed by atoms with Gasteiger partial charge in [0, 0.05) is 18.5 Å². The van der Waals surface area contributed by atoms with E-state index in [1.807, 2.05) is 4.90 Å². The summed E-state index contributed by atoms with van der Waals surface area (Å²) >= 11 is 0. The van der Waals surface area contributed by atoms with Gasteiger partial charge in [-0.1, -0.05) is 13.0 Å². The van der Waals surface area contributed by atoms with E-state index in [1.165, 1.54) is 0 Å². The molecule has 0 radical (unpaired) electrons. The maximum atomic E-state index is 11.6. The topological polar surface area (TPSA) is 80.5 Å². The number of hydrogen-bond donors (Lipinski definition) is 1. The van der Waals surface area contributed by atoms with Gasteiger partial charge in [-0.2, -0.15) is 0 Å². The SMILES string of the molecule is C=CS(=O)(=O)CCN1CC2CCCC2C1C(N)=O. The van der Waals surface area contributed by atoms with Crippen LogP contribution in [0.4, 0.5) is 0 Å². The van der Waals surface area contributed by atoms with E-state index in [9.17, 15) is 13.2 Å². The minimum Gasteiger partial charge on any atom is -0.368 e. The normalized spacial score (nSPS) is 32.3. The van der Waals surface area contributed by atoms with E-state index in [4.69, 9.17) is 5.73 Å². The summed E-state index contributed by atoms with van der Waals surface area (Å²) in [5.41, 5.74) is 5.47. The van der Waals surface area contributed by atoms with E-state index in [-0.39, 0.29) is 17.7 Å². The molecule has 2 rings (SSSR count). The lowest BCUT2D eigenvalue weighted by Crippen LogP contribution is -2.45. The number of fused-ring (bicyclic) bond motifs is 1. The van der Waals surface area contributed by atoms with Crippen LogP contribution in [0.25, 0.3) is 0 Å². The van der Waals surface area contributed by atoms with Gasteiger partial charge in [-0.15, -0.1) is 0 Å². The first-order valence-electron chi connectivity index (χ1n) is 6.33. The zero-order chi connectivity index (χ0) is 13.3. The highest BCUT2D eigenvalue weighted by atomic mass is 32.2. The molecule has 2 N–H and O–H groups in total. The Morgan fingerprint density at radius 3 is 2.78 bits per heavy atom. The van der Waals surface area contributed by atoms with Gasteiger partial charge in [-0.05, 0) is 24.7 Å². The van der Waals surface area contributed by atoms with Gasteiger partial charge in [0.05, 0.1) is 11.8 Å². The Bertz CT molecular complexity index is 446. The van der Waals surface area contributed by atoms with Crippen molar-refractivity contribution in [3.8, 4) is 0 Å². The molecule has 1 saturated heterocycles. The Morgan fingerprint density at radius 1 is 1.44 bits per heavy atom. The third kappa shape index (κ3) is 2.59. The van der Waals surface area contributed by atoms with Gasteiger partial charge in [-0.25, -0.2) is 8.42 Å². The Balaban J connectivity index is 2.04. The first-order valence-corrected chi connectivity index (χ1v) is 8.04. The van der Waals surface area contributed by atoms with Crippen LogP contribution in [-0.4, -0.2) is 44.1 Å². The Morgan fingerprint density at radius 2 is 2.17 bits per heavy atom. The molecule has 2 fully saturated rings. The van der Waals surface area contributed by atoms with Crippen LogP contribution in [0.3, 0.4) is 0 Å². The van der Waals surface area contributed by atoms with Crippen molar-refractivity contribution in [1.82, 2.24) is 4.90 Å². The van der Waals surface area contributed by atoms with Crippen LogP contribution in [-0.2, 0) is 14.6 Å². The first kappa shape index (κ1) is 13.5. The summed E-state index contributed by atoms with van der Waals surface area (Å²) in [6.07, 6.45) is 3.31. The second-order valence-electron chi connectivity index (χ2n) is 5.23. The predicted molar refractivity (Wildman–Crippen MR) is 69.4 cm³/mol. The zero-order valence-electron chi connectivity index (χ0n) is 10.4. The molecule has 2 aliphatic rings. The molecule has 0 aromatic carbocycles. The van der Waals surface area contributed by atoms with E-state index < -0.39 is 9.84 Å². The Kier molecular flexibility index (Phi) is 3.77. The van der Waals surface area contributed by atoms with Gasteiger partial charge in [0.25, 0.3) is 0 Å². The van der Waals surface area contributed by atoms with E-state index in [2.05, 4.69) is 6.58 Å². The molecule has 1 saturated carbocycles. The average Bonchev–Trinajstić information content (AvgIpc) is 2.85. The molecule has 1 amide bonds. The molecule has 102 valence electrons. The maximum absolute atomic E-state index is 11.6. The monoisotopic (exact) mass is 272 g/mol.